The standard InChI is InChI=1S/C15H20FNO2/c16-13-6-7-14(15(18)19)12(10-13)11-17-8-4-2-1-3-5-9-17/h6-7,10H,1-5,8-9,11H2,(H,18,19). The fraction of sp³-hybridized carbons (Fsp3) is 0.533. The molecule has 0 atom stereocenters. The summed E-state index contributed by atoms with van der Waals surface area (Å²) in [6, 6.07) is 3.92. The number of aromatic carboxylic acids is 1. The van der Waals surface area contributed by atoms with Crippen LogP contribution in [0.3, 0.4) is 0 Å². The second kappa shape index (κ2) is 6.66. The molecule has 0 unspecified atom stereocenters. The number of rotatable bonds is 3. The molecule has 1 heterocycles. The Morgan fingerprint density at radius 3 is 2.42 bits per heavy atom. The zero-order valence-electron chi connectivity index (χ0n) is 11.1. The molecule has 104 valence electrons. The Labute approximate surface area is 113 Å². The molecule has 1 fully saturated rings. The van der Waals surface area contributed by atoms with E-state index in [0.29, 0.717) is 12.1 Å². The Morgan fingerprint density at radius 2 is 1.79 bits per heavy atom. The molecule has 1 aliphatic rings. The summed E-state index contributed by atoms with van der Waals surface area (Å²) in [5.74, 6) is -1.35. The normalized spacial score (nSPS) is 17.7. The van der Waals surface area contributed by atoms with E-state index in [1.54, 1.807) is 0 Å². The lowest BCUT2D eigenvalue weighted by atomic mass is 10.0. The van der Waals surface area contributed by atoms with Crippen LogP contribution < -0.4 is 0 Å². The molecule has 0 bridgehead atoms. The van der Waals surface area contributed by atoms with Gasteiger partial charge in [-0.1, -0.05) is 19.3 Å². The molecule has 0 spiro atoms. The van der Waals surface area contributed by atoms with Crippen LogP contribution in [0.2, 0.25) is 0 Å². The van der Waals surface area contributed by atoms with Crippen LogP contribution in [0.5, 0.6) is 0 Å². The number of hydrogen-bond acceptors (Lipinski definition) is 2. The first kappa shape index (κ1) is 14.0. The molecule has 1 aromatic carbocycles. The Morgan fingerprint density at radius 1 is 1.16 bits per heavy atom. The molecule has 4 heteroatoms. The van der Waals surface area contributed by atoms with Crippen molar-refractivity contribution in [2.45, 2.75) is 38.6 Å². The highest BCUT2D eigenvalue weighted by Gasteiger charge is 2.15. The third kappa shape index (κ3) is 4.03. The fourth-order valence-electron chi connectivity index (χ4n) is 2.61. The predicted octanol–water partition coefficient (Wildman–Crippen LogP) is 3.29. The molecule has 1 aromatic rings. The largest absolute Gasteiger partial charge is 0.478 e. The molecular weight excluding hydrogens is 245 g/mol. The van der Waals surface area contributed by atoms with Gasteiger partial charge in [0.05, 0.1) is 5.56 Å². The summed E-state index contributed by atoms with van der Waals surface area (Å²) in [5.41, 5.74) is 0.788. The minimum Gasteiger partial charge on any atom is -0.478 e. The highest BCUT2D eigenvalue weighted by Crippen LogP contribution is 2.17. The first-order valence-corrected chi connectivity index (χ1v) is 6.91. The van der Waals surface area contributed by atoms with Crippen molar-refractivity contribution in [2.24, 2.45) is 0 Å². The van der Waals surface area contributed by atoms with Crippen LogP contribution in [-0.4, -0.2) is 29.1 Å². The van der Waals surface area contributed by atoms with Gasteiger partial charge in [-0.25, -0.2) is 9.18 Å². The van der Waals surface area contributed by atoms with Crippen LogP contribution in [0.15, 0.2) is 18.2 Å². The van der Waals surface area contributed by atoms with Crippen molar-refractivity contribution in [3.63, 3.8) is 0 Å². The Bertz CT molecular complexity index is 440. The number of nitrogens with zero attached hydrogens (tertiary/aromatic N) is 1. The number of hydrogen-bond donors (Lipinski definition) is 1. The minimum atomic E-state index is -0.984. The molecule has 0 amide bonds. The fourth-order valence-corrected chi connectivity index (χ4v) is 2.61. The van der Waals surface area contributed by atoms with Crippen LogP contribution in [0.1, 0.15) is 48.0 Å². The zero-order valence-corrected chi connectivity index (χ0v) is 11.1. The van der Waals surface area contributed by atoms with Gasteiger partial charge >= 0.3 is 5.97 Å². The number of carboxylic acids is 1. The average molecular weight is 265 g/mol. The van der Waals surface area contributed by atoms with Crippen molar-refractivity contribution in [3.8, 4) is 0 Å². The Hall–Kier alpha value is -1.42. The van der Waals surface area contributed by atoms with Crippen molar-refractivity contribution in [2.75, 3.05) is 13.1 Å². The number of carboxylic acid groups (broad SMARTS) is 1. The van der Waals surface area contributed by atoms with Crippen molar-refractivity contribution >= 4 is 5.97 Å². The third-order valence-electron chi connectivity index (χ3n) is 3.64. The van der Waals surface area contributed by atoms with E-state index in [-0.39, 0.29) is 11.4 Å². The third-order valence-corrected chi connectivity index (χ3v) is 3.64. The molecule has 1 N–H and O–H groups in total. The molecule has 2 rings (SSSR count). The molecule has 3 nitrogen and oxygen atoms in total. The maximum atomic E-state index is 13.3. The lowest BCUT2D eigenvalue weighted by molar-refractivity contribution is 0.0694. The number of benzene rings is 1. The molecule has 19 heavy (non-hydrogen) atoms. The monoisotopic (exact) mass is 265 g/mol. The van der Waals surface area contributed by atoms with E-state index in [0.717, 1.165) is 25.9 Å². The van der Waals surface area contributed by atoms with E-state index >= 15 is 0 Å². The summed E-state index contributed by atoms with van der Waals surface area (Å²) in [7, 11) is 0. The SMILES string of the molecule is O=C(O)c1ccc(F)cc1CN1CCCCCCC1. The van der Waals surface area contributed by atoms with E-state index in [2.05, 4.69) is 4.90 Å². The lowest BCUT2D eigenvalue weighted by Gasteiger charge is -2.25. The van der Waals surface area contributed by atoms with Crippen LogP contribution in [-0.2, 0) is 6.54 Å². The Kier molecular flexibility index (Phi) is 4.91. The van der Waals surface area contributed by atoms with E-state index < -0.39 is 5.97 Å². The summed E-state index contributed by atoms with van der Waals surface area (Å²) >= 11 is 0. The smallest absolute Gasteiger partial charge is 0.336 e. The zero-order chi connectivity index (χ0) is 13.7. The minimum absolute atomic E-state index is 0.212. The lowest BCUT2D eigenvalue weighted by Crippen LogP contribution is -2.27. The first-order valence-electron chi connectivity index (χ1n) is 6.91. The summed E-state index contributed by atoms with van der Waals surface area (Å²) in [4.78, 5) is 13.4. The summed E-state index contributed by atoms with van der Waals surface area (Å²) in [6.07, 6.45) is 6.01. The molecule has 1 aliphatic heterocycles. The molecular formula is C15H20FNO2. The van der Waals surface area contributed by atoms with Crippen LogP contribution >= 0.6 is 0 Å². The molecule has 0 radical (unpaired) electrons. The second-order valence-electron chi connectivity index (χ2n) is 5.15. The molecule has 0 aliphatic carbocycles. The molecule has 0 aromatic heterocycles. The molecule has 1 saturated heterocycles. The van der Waals surface area contributed by atoms with Crippen LogP contribution in [0.4, 0.5) is 4.39 Å². The quantitative estimate of drug-likeness (QED) is 0.911. The predicted molar refractivity (Wildman–Crippen MR) is 71.7 cm³/mol. The highest BCUT2D eigenvalue weighted by atomic mass is 19.1. The topological polar surface area (TPSA) is 40.5 Å². The van der Waals surface area contributed by atoms with Crippen molar-refractivity contribution in [1.29, 1.82) is 0 Å². The van der Waals surface area contributed by atoms with Crippen LogP contribution in [0, 0.1) is 5.82 Å². The van der Waals surface area contributed by atoms with Crippen molar-refractivity contribution in [1.82, 2.24) is 4.90 Å². The number of halogens is 1. The van der Waals surface area contributed by atoms with Crippen molar-refractivity contribution in [3.05, 3.63) is 35.1 Å². The van der Waals surface area contributed by atoms with E-state index in [1.165, 1.54) is 37.5 Å². The van der Waals surface area contributed by atoms with Gasteiger partial charge in [0, 0.05) is 6.54 Å². The second-order valence-corrected chi connectivity index (χ2v) is 5.15. The first-order chi connectivity index (χ1) is 9.16. The van der Waals surface area contributed by atoms with Gasteiger partial charge in [0.1, 0.15) is 5.82 Å². The van der Waals surface area contributed by atoms with Gasteiger partial charge in [0.2, 0.25) is 0 Å². The summed E-state index contributed by atoms with van der Waals surface area (Å²) in [5, 5.41) is 9.15. The van der Waals surface area contributed by atoms with E-state index in [1.807, 2.05) is 0 Å². The number of likely N-dealkylation sites (tertiary alicyclic amines) is 1. The molecule has 0 saturated carbocycles. The Balaban J connectivity index is 2.11. The van der Waals surface area contributed by atoms with Gasteiger partial charge in [-0.3, -0.25) is 4.90 Å². The maximum absolute atomic E-state index is 13.3. The summed E-state index contributed by atoms with van der Waals surface area (Å²) < 4.78 is 13.3. The van der Waals surface area contributed by atoms with E-state index in [4.69, 9.17) is 5.11 Å². The van der Waals surface area contributed by atoms with Gasteiger partial charge in [-0.15, -0.1) is 0 Å². The highest BCUT2D eigenvalue weighted by molar-refractivity contribution is 5.89. The summed E-state index contributed by atoms with van der Waals surface area (Å²) in [6.45, 7) is 2.46. The number of carbonyl (C=O) groups is 1. The van der Waals surface area contributed by atoms with Gasteiger partial charge < -0.3 is 5.11 Å². The van der Waals surface area contributed by atoms with Gasteiger partial charge in [0.25, 0.3) is 0 Å². The van der Waals surface area contributed by atoms with E-state index in [9.17, 15) is 9.18 Å². The van der Waals surface area contributed by atoms with Crippen molar-refractivity contribution < 1.29 is 14.3 Å². The van der Waals surface area contributed by atoms with Gasteiger partial charge in [0.15, 0.2) is 0 Å². The van der Waals surface area contributed by atoms with Gasteiger partial charge in [-0.05, 0) is 49.7 Å². The maximum Gasteiger partial charge on any atom is 0.336 e. The van der Waals surface area contributed by atoms with Gasteiger partial charge in [-0.2, -0.15) is 0 Å². The average Bonchev–Trinajstić information content (AvgIpc) is 2.32. The van der Waals surface area contributed by atoms with Crippen LogP contribution in [0.25, 0.3) is 0 Å².